The van der Waals surface area contributed by atoms with E-state index in [2.05, 4.69) is 5.10 Å². The van der Waals surface area contributed by atoms with Crippen molar-refractivity contribution in [1.82, 2.24) is 5.43 Å². The van der Waals surface area contributed by atoms with Gasteiger partial charge in [0.1, 0.15) is 0 Å². The van der Waals surface area contributed by atoms with Crippen LogP contribution in [-0.2, 0) is 0 Å². The van der Waals surface area contributed by atoms with E-state index in [4.69, 9.17) is 5.73 Å². The Morgan fingerprint density at radius 3 is 2.93 bits per heavy atom. The molecule has 0 saturated carbocycles. The Labute approximate surface area is 84.7 Å². The molecule has 0 fully saturated rings. The van der Waals surface area contributed by atoms with E-state index in [1.54, 1.807) is 6.07 Å². The molecule has 0 spiro atoms. The number of nitrogens with two attached hydrogens (primary N) is 1. The summed E-state index contributed by atoms with van der Waals surface area (Å²) in [6, 6.07) is 5.02. The normalized spacial score (nSPS) is 10.1. The number of carbonyl (C=O) groups is 1. The van der Waals surface area contributed by atoms with E-state index < -0.39 is 11.0 Å². The van der Waals surface area contributed by atoms with Gasteiger partial charge in [-0.15, -0.1) is 0 Å². The van der Waals surface area contributed by atoms with Crippen molar-refractivity contribution in [3.63, 3.8) is 0 Å². The summed E-state index contributed by atoms with van der Waals surface area (Å²) in [6.45, 7) is 0. The number of rotatable bonds is 3. The molecular formula is C8H8N4O3. The van der Waals surface area contributed by atoms with Gasteiger partial charge in [0, 0.05) is 17.7 Å². The number of nitrogens with zero attached hydrogens (tertiary/aromatic N) is 2. The molecule has 0 aliphatic heterocycles. The minimum atomic E-state index is -0.795. The van der Waals surface area contributed by atoms with Crippen molar-refractivity contribution in [2.45, 2.75) is 0 Å². The number of nitro benzene ring substituents is 1. The number of non-ortho nitro benzene ring substituents is 1. The molecular weight excluding hydrogens is 200 g/mol. The SMILES string of the molecule is NC(=O)NN=Cc1cccc([N+](=O)[O-])c1. The first-order chi connectivity index (χ1) is 7.09. The Morgan fingerprint density at radius 1 is 1.60 bits per heavy atom. The molecule has 2 amide bonds. The van der Waals surface area contributed by atoms with Gasteiger partial charge >= 0.3 is 6.03 Å². The number of nitro groups is 1. The van der Waals surface area contributed by atoms with E-state index in [0.29, 0.717) is 5.56 Å². The third kappa shape index (κ3) is 3.43. The fourth-order valence-corrected chi connectivity index (χ4v) is 0.889. The number of hydrazone groups is 1. The van der Waals surface area contributed by atoms with E-state index in [1.807, 2.05) is 5.43 Å². The molecule has 0 aliphatic rings. The van der Waals surface area contributed by atoms with Crippen molar-refractivity contribution in [2.24, 2.45) is 10.8 Å². The van der Waals surface area contributed by atoms with Crippen LogP contribution in [0.3, 0.4) is 0 Å². The van der Waals surface area contributed by atoms with Gasteiger partial charge in [0.05, 0.1) is 11.1 Å². The highest BCUT2D eigenvalue weighted by Crippen LogP contribution is 2.11. The van der Waals surface area contributed by atoms with Gasteiger partial charge in [-0.25, -0.2) is 10.2 Å². The highest BCUT2D eigenvalue weighted by Gasteiger charge is 2.03. The molecule has 0 saturated heterocycles. The van der Waals surface area contributed by atoms with E-state index in [0.717, 1.165) is 0 Å². The zero-order valence-corrected chi connectivity index (χ0v) is 7.58. The molecule has 78 valence electrons. The Hall–Kier alpha value is -2.44. The maximum absolute atomic E-state index is 10.4. The first-order valence-corrected chi connectivity index (χ1v) is 3.92. The molecule has 0 bridgehead atoms. The Bertz CT molecular complexity index is 416. The number of carbonyl (C=O) groups excluding carboxylic acids is 1. The summed E-state index contributed by atoms with van der Waals surface area (Å²) in [5, 5.41) is 13.9. The van der Waals surface area contributed by atoms with Crippen molar-refractivity contribution in [2.75, 3.05) is 0 Å². The predicted octanol–water partition coefficient (Wildman–Crippen LogP) is 0.597. The summed E-state index contributed by atoms with van der Waals surface area (Å²) in [5.74, 6) is 0. The highest BCUT2D eigenvalue weighted by molar-refractivity contribution is 5.82. The third-order valence-corrected chi connectivity index (χ3v) is 1.47. The lowest BCUT2D eigenvalue weighted by Crippen LogP contribution is -2.24. The van der Waals surface area contributed by atoms with Crippen LogP contribution in [0.15, 0.2) is 29.4 Å². The van der Waals surface area contributed by atoms with Crippen LogP contribution in [0.4, 0.5) is 10.5 Å². The largest absolute Gasteiger partial charge is 0.350 e. The summed E-state index contributed by atoms with van der Waals surface area (Å²) in [5.41, 5.74) is 7.20. The summed E-state index contributed by atoms with van der Waals surface area (Å²) in [4.78, 5) is 20.1. The quantitative estimate of drug-likeness (QED) is 0.431. The number of nitrogens with one attached hydrogen (secondary N) is 1. The zero-order valence-electron chi connectivity index (χ0n) is 7.58. The number of hydrogen-bond acceptors (Lipinski definition) is 4. The number of primary amides is 1. The number of urea groups is 1. The number of amides is 2. The lowest BCUT2D eigenvalue weighted by atomic mass is 10.2. The van der Waals surface area contributed by atoms with Gasteiger partial charge in [-0.1, -0.05) is 12.1 Å². The summed E-state index contributed by atoms with van der Waals surface area (Å²) >= 11 is 0. The average Bonchev–Trinajstić information content (AvgIpc) is 2.17. The molecule has 0 atom stereocenters. The molecule has 0 aliphatic carbocycles. The maximum atomic E-state index is 10.4. The second-order valence-electron chi connectivity index (χ2n) is 2.59. The summed E-state index contributed by atoms with van der Waals surface area (Å²) < 4.78 is 0. The van der Waals surface area contributed by atoms with Crippen LogP contribution >= 0.6 is 0 Å². The fraction of sp³-hybridized carbons (Fsp3) is 0. The van der Waals surface area contributed by atoms with Crippen LogP contribution in [-0.4, -0.2) is 17.2 Å². The van der Waals surface area contributed by atoms with Crippen LogP contribution in [0.25, 0.3) is 0 Å². The second kappa shape index (κ2) is 4.70. The molecule has 3 N–H and O–H groups in total. The monoisotopic (exact) mass is 208 g/mol. The molecule has 0 aromatic heterocycles. The van der Waals surface area contributed by atoms with Crippen molar-refractivity contribution in [3.8, 4) is 0 Å². The molecule has 0 heterocycles. The van der Waals surface area contributed by atoms with Gasteiger partial charge in [-0.05, 0) is 0 Å². The fourth-order valence-electron chi connectivity index (χ4n) is 0.889. The lowest BCUT2D eigenvalue weighted by Gasteiger charge is -1.94. The Balaban J connectivity index is 2.78. The van der Waals surface area contributed by atoms with Crippen LogP contribution in [0.5, 0.6) is 0 Å². The number of hydrogen-bond donors (Lipinski definition) is 2. The van der Waals surface area contributed by atoms with E-state index >= 15 is 0 Å². The second-order valence-corrected chi connectivity index (χ2v) is 2.59. The van der Waals surface area contributed by atoms with Gasteiger partial charge in [0.2, 0.25) is 0 Å². The predicted molar refractivity (Wildman–Crippen MR) is 53.4 cm³/mol. The van der Waals surface area contributed by atoms with Crippen LogP contribution in [0.2, 0.25) is 0 Å². The zero-order chi connectivity index (χ0) is 11.3. The average molecular weight is 208 g/mol. The Morgan fingerprint density at radius 2 is 2.33 bits per heavy atom. The summed E-state index contributed by atoms with van der Waals surface area (Å²) in [7, 11) is 0. The van der Waals surface area contributed by atoms with E-state index in [9.17, 15) is 14.9 Å². The topological polar surface area (TPSA) is 111 Å². The molecule has 0 radical (unpaired) electrons. The third-order valence-electron chi connectivity index (χ3n) is 1.47. The molecule has 7 nitrogen and oxygen atoms in total. The van der Waals surface area contributed by atoms with Crippen molar-refractivity contribution < 1.29 is 9.72 Å². The van der Waals surface area contributed by atoms with Crippen molar-refractivity contribution in [3.05, 3.63) is 39.9 Å². The van der Waals surface area contributed by atoms with Gasteiger partial charge in [0.15, 0.2) is 0 Å². The molecule has 1 rings (SSSR count). The lowest BCUT2D eigenvalue weighted by molar-refractivity contribution is -0.384. The molecule has 0 unspecified atom stereocenters. The first kappa shape index (κ1) is 10.6. The smallest absolute Gasteiger partial charge is 0.332 e. The first-order valence-electron chi connectivity index (χ1n) is 3.92. The molecule has 1 aromatic rings. The standard InChI is InChI=1S/C8H8N4O3/c9-8(13)11-10-5-6-2-1-3-7(4-6)12(14)15/h1-5H,(H3,9,11,13). The van der Waals surface area contributed by atoms with Crippen molar-refractivity contribution in [1.29, 1.82) is 0 Å². The van der Waals surface area contributed by atoms with Crippen LogP contribution in [0.1, 0.15) is 5.56 Å². The Kier molecular flexibility index (Phi) is 3.33. The molecule has 7 heteroatoms. The maximum Gasteiger partial charge on any atom is 0.332 e. The number of benzene rings is 1. The minimum Gasteiger partial charge on any atom is -0.350 e. The van der Waals surface area contributed by atoms with Gasteiger partial charge in [-0.3, -0.25) is 10.1 Å². The van der Waals surface area contributed by atoms with Gasteiger partial charge in [0.25, 0.3) is 5.69 Å². The molecule has 15 heavy (non-hydrogen) atoms. The van der Waals surface area contributed by atoms with Gasteiger partial charge in [-0.2, -0.15) is 5.10 Å². The van der Waals surface area contributed by atoms with Gasteiger partial charge < -0.3 is 5.73 Å². The van der Waals surface area contributed by atoms with Crippen LogP contribution < -0.4 is 11.2 Å². The van der Waals surface area contributed by atoms with E-state index in [1.165, 1.54) is 24.4 Å². The highest BCUT2D eigenvalue weighted by atomic mass is 16.6. The van der Waals surface area contributed by atoms with E-state index in [-0.39, 0.29) is 5.69 Å². The van der Waals surface area contributed by atoms with Crippen molar-refractivity contribution >= 4 is 17.9 Å². The summed E-state index contributed by atoms with van der Waals surface area (Å²) in [6.07, 6.45) is 1.26. The molecule has 1 aromatic carbocycles. The van der Waals surface area contributed by atoms with Crippen LogP contribution in [0, 0.1) is 10.1 Å². The minimum absolute atomic E-state index is 0.0435.